The highest BCUT2D eigenvalue weighted by Crippen LogP contribution is 2.22. The zero-order chi connectivity index (χ0) is 14.6. The molecule has 2 aromatic rings. The van der Waals surface area contributed by atoms with Gasteiger partial charge >= 0.3 is 0 Å². The number of hydrogen-bond acceptors (Lipinski definition) is 3. The molecule has 106 valence electrons. The predicted molar refractivity (Wildman–Crippen MR) is 84.9 cm³/mol. The Labute approximate surface area is 121 Å². The molecule has 1 aromatic heterocycles. The summed E-state index contributed by atoms with van der Waals surface area (Å²) >= 11 is 0. The standard InChI is InChI=1S/C15H21N3OSi/c1-18-11-14(17-12-18)10-16-9-13-7-5-6-8-15(13)19-20(2,3)4/h5-8,10-12H,9H2,1-4H3/b16-10-. The zero-order valence-corrected chi connectivity index (χ0v) is 13.5. The van der Waals surface area contributed by atoms with E-state index in [1.165, 1.54) is 0 Å². The van der Waals surface area contributed by atoms with E-state index in [0.717, 1.165) is 17.0 Å². The summed E-state index contributed by atoms with van der Waals surface area (Å²) in [5.74, 6) is 0.949. The summed E-state index contributed by atoms with van der Waals surface area (Å²) < 4.78 is 7.99. The first-order valence-electron chi connectivity index (χ1n) is 6.69. The first kappa shape index (κ1) is 14.5. The molecule has 0 saturated heterocycles. The summed E-state index contributed by atoms with van der Waals surface area (Å²) in [6, 6.07) is 8.10. The van der Waals surface area contributed by atoms with Crippen molar-refractivity contribution in [3.05, 3.63) is 48.0 Å². The van der Waals surface area contributed by atoms with Crippen molar-refractivity contribution in [3.63, 3.8) is 0 Å². The van der Waals surface area contributed by atoms with Crippen LogP contribution in [-0.2, 0) is 13.6 Å². The highest BCUT2D eigenvalue weighted by molar-refractivity contribution is 6.70. The van der Waals surface area contributed by atoms with Crippen LogP contribution in [0.25, 0.3) is 0 Å². The first-order chi connectivity index (χ1) is 9.44. The van der Waals surface area contributed by atoms with Crippen molar-refractivity contribution < 1.29 is 4.43 Å². The number of nitrogens with zero attached hydrogens (tertiary/aromatic N) is 3. The molecular formula is C15H21N3OSi. The third kappa shape index (κ3) is 4.34. The molecule has 0 radical (unpaired) electrons. The average Bonchev–Trinajstić information content (AvgIpc) is 2.75. The van der Waals surface area contributed by atoms with Gasteiger partial charge in [0.1, 0.15) is 5.75 Å². The minimum atomic E-state index is -1.60. The second-order valence-corrected chi connectivity index (χ2v) is 10.2. The fourth-order valence-electron chi connectivity index (χ4n) is 1.80. The lowest BCUT2D eigenvalue weighted by atomic mass is 10.2. The van der Waals surface area contributed by atoms with Crippen LogP contribution < -0.4 is 4.43 Å². The van der Waals surface area contributed by atoms with Gasteiger partial charge in [-0.2, -0.15) is 0 Å². The number of imidazole rings is 1. The molecule has 0 atom stereocenters. The Morgan fingerprint density at radius 3 is 2.70 bits per heavy atom. The minimum absolute atomic E-state index is 0.608. The van der Waals surface area contributed by atoms with Crippen molar-refractivity contribution in [2.45, 2.75) is 26.2 Å². The molecule has 1 heterocycles. The Balaban J connectivity index is 2.07. The van der Waals surface area contributed by atoms with Crippen LogP contribution >= 0.6 is 0 Å². The Morgan fingerprint density at radius 2 is 2.05 bits per heavy atom. The van der Waals surface area contributed by atoms with E-state index in [-0.39, 0.29) is 0 Å². The number of hydrogen-bond donors (Lipinski definition) is 0. The number of aryl methyl sites for hydroxylation is 1. The minimum Gasteiger partial charge on any atom is -0.544 e. The monoisotopic (exact) mass is 287 g/mol. The molecule has 5 heteroatoms. The van der Waals surface area contributed by atoms with Gasteiger partial charge in [-0.15, -0.1) is 0 Å². The summed E-state index contributed by atoms with van der Waals surface area (Å²) in [5, 5.41) is 0. The van der Waals surface area contributed by atoms with Crippen molar-refractivity contribution in [2.24, 2.45) is 12.0 Å². The van der Waals surface area contributed by atoms with E-state index in [1.807, 2.05) is 36.0 Å². The Kier molecular flexibility index (Phi) is 4.39. The molecule has 20 heavy (non-hydrogen) atoms. The van der Waals surface area contributed by atoms with Crippen LogP contribution in [0.2, 0.25) is 19.6 Å². The second-order valence-electron chi connectivity index (χ2n) is 5.76. The van der Waals surface area contributed by atoms with Crippen LogP contribution in [-0.4, -0.2) is 24.1 Å². The molecule has 0 N–H and O–H groups in total. The highest BCUT2D eigenvalue weighted by atomic mass is 28.4. The molecule has 1 aromatic carbocycles. The summed E-state index contributed by atoms with van der Waals surface area (Å²) in [6.45, 7) is 7.15. The predicted octanol–water partition coefficient (Wildman–Crippen LogP) is 3.25. The number of rotatable bonds is 5. The van der Waals surface area contributed by atoms with Crippen LogP contribution in [0.1, 0.15) is 11.3 Å². The molecule has 4 nitrogen and oxygen atoms in total. The van der Waals surface area contributed by atoms with E-state index >= 15 is 0 Å². The third-order valence-electron chi connectivity index (χ3n) is 2.60. The second kappa shape index (κ2) is 6.05. The number of para-hydroxylation sites is 1. The number of aliphatic imine (C=N–C) groups is 1. The summed E-state index contributed by atoms with van der Waals surface area (Å²) in [5.41, 5.74) is 1.98. The maximum Gasteiger partial charge on any atom is 0.242 e. The molecule has 0 fully saturated rings. The van der Waals surface area contributed by atoms with Crippen molar-refractivity contribution in [3.8, 4) is 5.75 Å². The largest absolute Gasteiger partial charge is 0.544 e. The fourth-order valence-corrected chi connectivity index (χ4v) is 2.66. The molecule has 0 saturated carbocycles. The summed E-state index contributed by atoms with van der Waals surface area (Å²) in [7, 11) is 0.349. The van der Waals surface area contributed by atoms with Crippen LogP contribution in [0, 0.1) is 0 Å². The molecule has 2 rings (SSSR count). The first-order valence-corrected chi connectivity index (χ1v) is 10.1. The highest BCUT2D eigenvalue weighted by Gasteiger charge is 2.17. The maximum absolute atomic E-state index is 6.08. The van der Waals surface area contributed by atoms with E-state index in [1.54, 1.807) is 12.5 Å². The van der Waals surface area contributed by atoms with Gasteiger partial charge in [-0.3, -0.25) is 4.99 Å². The SMILES string of the molecule is Cn1cnc(/C=N\Cc2ccccc2O[Si](C)(C)C)c1. The normalized spacial score (nSPS) is 12.0. The fraction of sp³-hybridized carbons (Fsp3) is 0.333. The third-order valence-corrected chi connectivity index (χ3v) is 3.43. The molecule has 0 aliphatic rings. The van der Waals surface area contributed by atoms with Gasteiger partial charge in [-0.1, -0.05) is 18.2 Å². The van der Waals surface area contributed by atoms with Crippen LogP contribution in [0.15, 0.2) is 41.8 Å². The summed E-state index contributed by atoms with van der Waals surface area (Å²) in [6.07, 6.45) is 5.50. The number of aromatic nitrogens is 2. The molecule has 0 aliphatic carbocycles. The van der Waals surface area contributed by atoms with Gasteiger partial charge in [0, 0.05) is 25.0 Å². The van der Waals surface area contributed by atoms with E-state index in [2.05, 4.69) is 35.7 Å². The Morgan fingerprint density at radius 1 is 1.30 bits per heavy atom. The molecule has 0 amide bonds. The topological polar surface area (TPSA) is 39.4 Å². The van der Waals surface area contributed by atoms with Crippen molar-refractivity contribution in [1.82, 2.24) is 9.55 Å². The molecule has 0 unspecified atom stereocenters. The van der Waals surface area contributed by atoms with Gasteiger partial charge in [-0.25, -0.2) is 4.98 Å². The van der Waals surface area contributed by atoms with Crippen LogP contribution in [0.4, 0.5) is 0 Å². The maximum atomic E-state index is 6.08. The van der Waals surface area contributed by atoms with E-state index in [0.29, 0.717) is 6.54 Å². The van der Waals surface area contributed by atoms with Crippen molar-refractivity contribution in [1.29, 1.82) is 0 Å². The van der Waals surface area contributed by atoms with Gasteiger partial charge in [0.15, 0.2) is 0 Å². The molecule has 0 aliphatic heterocycles. The Hall–Kier alpha value is -1.88. The zero-order valence-electron chi connectivity index (χ0n) is 12.5. The smallest absolute Gasteiger partial charge is 0.242 e. The molecule has 0 bridgehead atoms. The van der Waals surface area contributed by atoms with E-state index in [4.69, 9.17) is 4.43 Å². The quantitative estimate of drug-likeness (QED) is 0.625. The van der Waals surface area contributed by atoms with Gasteiger partial charge < -0.3 is 8.99 Å². The lowest BCUT2D eigenvalue weighted by Gasteiger charge is -2.21. The lowest BCUT2D eigenvalue weighted by Crippen LogP contribution is -2.29. The average molecular weight is 287 g/mol. The van der Waals surface area contributed by atoms with E-state index < -0.39 is 8.32 Å². The van der Waals surface area contributed by atoms with E-state index in [9.17, 15) is 0 Å². The van der Waals surface area contributed by atoms with Crippen molar-refractivity contribution >= 4 is 14.5 Å². The van der Waals surface area contributed by atoms with Crippen LogP contribution in [0.5, 0.6) is 5.75 Å². The van der Waals surface area contributed by atoms with Crippen LogP contribution in [0.3, 0.4) is 0 Å². The summed E-state index contributed by atoms with van der Waals surface area (Å²) in [4.78, 5) is 8.67. The molecular weight excluding hydrogens is 266 g/mol. The Bertz CT molecular complexity index is 599. The van der Waals surface area contributed by atoms with Crippen molar-refractivity contribution in [2.75, 3.05) is 0 Å². The van der Waals surface area contributed by atoms with Gasteiger partial charge in [0.05, 0.1) is 18.6 Å². The molecule has 0 spiro atoms. The van der Waals surface area contributed by atoms with Gasteiger partial charge in [-0.05, 0) is 25.7 Å². The van der Waals surface area contributed by atoms with Gasteiger partial charge in [0.25, 0.3) is 0 Å². The number of benzene rings is 1. The van der Waals surface area contributed by atoms with Gasteiger partial charge in [0.2, 0.25) is 8.32 Å². The lowest BCUT2D eigenvalue weighted by molar-refractivity contribution is 0.549.